The Hall–Kier alpha value is -1.60. The van der Waals surface area contributed by atoms with E-state index in [0.717, 1.165) is 12.1 Å². The number of aliphatic carboxylic acids is 1. The van der Waals surface area contributed by atoms with E-state index in [0.29, 0.717) is 18.7 Å². The van der Waals surface area contributed by atoms with E-state index in [9.17, 15) is 18.0 Å². The lowest BCUT2D eigenvalue weighted by atomic mass is 10.0. The van der Waals surface area contributed by atoms with E-state index >= 15 is 0 Å². The number of ether oxygens (including phenoxy) is 1. The van der Waals surface area contributed by atoms with Crippen LogP contribution in [-0.4, -0.2) is 41.7 Å². The van der Waals surface area contributed by atoms with E-state index in [4.69, 9.17) is 9.84 Å². The van der Waals surface area contributed by atoms with Gasteiger partial charge in [0.05, 0.1) is 18.3 Å². The summed E-state index contributed by atoms with van der Waals surface area (Å²) >= 11 is 0. The fourth-order valence-electron chi connectivity index (χ4n) is 2.29. The summed E-state index contributed by atoms with van der Waals surface area (Å²) in [5, 5.41) is 9.01. The van der Waals surface area contributed by atoms with Gasteiger partial charge in [-0.05, 0) is 24.6 Å². The number of carbonyl (C=O) groups is 1. The first kappa shape index (κ1) is 15.8. The van der Waals surface area contributed by atoms with Gasteiger partial charge in [0, 0.05) is 13.1 Å². The molecule has 116 valence electrons. The molecule has 0 aliphatic carbocycles. The number of alkyl halides is 3. The lowest BCUT2D eigenvalue weighted by Crippen LogP contribution is -2.46. The molecule has 0 aromatic heterocycles. The fraction of sp³-hybridized carbons (Fsp3) is 0.500. The summed E-state index contributed by atoms with van der Waals surface area (Å²) in [7, 11) is 0. The molecule has 1 aliphatic rings. The average Bonchev–Trinajstić information content (AvgIpc) is 2.46. The molecule has 0 spiro atoms. The van der Waals surface area contributed by atoms with Crippen molar-refractivity contribution in [1.82, 2.24) is 4.90 Å². The van der Waals surface area contributed by atoms with Crippen LogP contribution in [0.15, 0.2) is 24.3 Å². The van der Waals surface area contributed by atoms with Crippen LogP contribution in [0.4, 0.5) is 13.2 Å². The Morgan fingerprint density at radius 3 is 2.81 bits per heavy atom. The number of hydrogen-bond donors (Lipinski definition) is 1. The first-order valence-corrected chi connectivity index (χ1v) is 6.54. The molecule has 7 heteroatoms. The normalized spacial score (nSPS) is 22.0. The highest BCUT2D eigenvalue weighted by molar-refractivity contribution is 5.72. The molecule has 1 aromatic carbocycles. The first-order valence-electron chi connectivity index (χ1n) is 6.54. The van der Waals surface area contributed by atoms with Gasteiger partial charge in [0.1, 0.15) is 6.04 Å². The molecule has 0 radical (unpaired) electrons. The van der Waals surface area contributed by atoms with Gasteiger partial charge in [0.15, 0.2) is 0 Å². The molecular weight excluding hydrogens is 287 g/mol. The van der Waals surface area contributed by atoms with E-state index in [1.807, 2.05) is 0 Å². The monoisotopic (exact) mass is 303 g/mol. The second-order valence-electron chi connectivity index (χ2n) is 4.99. The standard InChI is InChI=1S/C14H16F3NO3/c1-9(13(19)20)18-5-6-21-12(8-18)10-3-2-4-11(7-10)14(15,16)17/h2-4,7,9,12H,5-6,8H2,1H3,(H,19,20)/t9-,12+/m1/s1. The molecule has 1 aliphatic heterocycles. The van der Waals surface area contributed by atoms with Crippen molar-refractivity contribution in [1.29, 1.82) is 0 Å². The van der Waals surface area contributed by atoms with Crippen LogP contribution < -0.4 is 0 Å². The molecule has 0 saturated carbocycles. The largest absolute Gasteiger partial charge is 0.480 e. The van der Waals surface area contributed by atoms with Crippen LogP contribution in [0.1, 0.15) is 24.2 Å². The lowest BCUT2D eigenvalue weighted by Gasteiger charge is -2.35. The predicted molar refractivity (Wildman–Crippen MR) is 68.8 cm³/mol. The van der Waals surface area contributed by atoms with Gasteiger partial charge in [-0.2, -0.15) is 13.2 Å². The Labute approximate surface area is 120 Å². The first-order chi connectivity index (χ1) is 9.79. The molecule has 1 N–H and O–H groups in total. The average molecular weight is 303 g/mol. The molecule has 0 amide bonds. The SMILES string of the molecule is C[C@H](C(=O)O)N1CCO[C@H](c2cccc(C(F)(F)F)c2)C1. The second-order valence-corrected chi connectivity index (χ2v) is 4.99. The Bertz CT molecular complexity index is 518. The van der Waals surface area contributed by atoms with E-state index in [2.05, 4.69) is 0 Å². The number of nitrogens with zero attached hydrogens (tertiary/aromatic N) is 1. The molecule has 0 bridgehead atoms. The molecule has 1 heterocycles. The number of carboxylic acid groups (broad SMARTS) is 1. The maximum atomic E-state index is 12.7. The second kappa shape index (κ2) is 6.03. The van der Waals surface area contributed by atoms with Crippen LogP contribution in [-0.2, 0) is 15.7 Å². The summed E-state index contributed by atoms with van der Waals surface area (Å²) in [6, 6.07) is 4.27. The fourth-order valence-corrected chi connectivity index (χ4v) is 2.29. The minimum absolute atomic E-state index is 0.259. The van der Waals surface area contributed by atoms with E-state index in [-0.39, 0.29) is 6.54 Å². The molecule has 21 heavy (non-hydrogen) atoms. The summed E-state index contributed by atoms with van der Waals surface area (Å²) in [4.78, 5) is 12.7. The Morgan fingerprint density at radius 1 is 1.48 bits per heavy atom. The van der Waals surface area contributed by atoms with Gasteiger partial charge in [0.25, 0.3) is 0 Å². The topological polar surface area (TPSA) is 49.8 Å². The highest BCUT2D eigenvalue weighted by Gasteiger charge is 2.33. The number of hydrogen-bond acceptors (Lipinski definition) is 3. The molecule has 4 nitrogen and oxygen atoms in total. The van der Waals surface area contributed by atoms with Gasteiger partial charge in [-0.25, -0.2) is 0 Å². The number of halogens is 3. The van der Waals surface area contributed by atoms with Crippen molar-refractivity contribution in [3.05, 3.63) is 35.4 Å². The molecule has 1 fully saturated rings. The quantitative estimate of drug-likeness (QED) is 0.932. The number of morpholine rings is 1. The summed E-state index contributed by atoms with van der Waals surface area (Å²) < 4.78 is 43.6. The highest BCUT2D eigenvalue weighted by Crippen LogP contribution is 2.32. The minimum Gasteiger partial charge on any atom is -0.480 e. The van der Waals surface area contributed by atoms with E-state index in [1.54, 1.807) is 17.9 Å². The van der Waals surface area contributed by atoms with Gasteiger partial charge in [-0.3, -0.25) is 9.69 Å². The summed E-state index contributed by atoms with van der Waals surface area (Å²) in [6.07, 6.45) is -4.96. The molecule has 2 atom stereocenters. The Kier molecular flexibility index (Phi) is 4.53. The van der Waals surface area contributed by atoms with Crippen molar-refractivity contribution in [3.63, 3.8) is 0 Å². The maximum absolute atomic E-state index is 12.7. The third-order valence-electron chi connectivity index (χ3n) is 3.59. The zero-order valence-corrected chi connectivity index (χ0v) is 11.4. The van der Waals surface area contributed by atoms with Crippen molar-refractivity contribution >= 4 is 5.97 Å². The van der Waals surface area contributed by atoms with Crippen molar-refractivity contribution in [2.24, 2.45) is 0 Å². The van der Waals surface area contributed by atoms with Gasteiger partial charge in [0.2, 0.25) is 0 Å². The maximum Gasteiger partial charge on any atom is 0.416 e. The number of carboxylic acids is 1. The van der Waals surface area contributed by atoms with Crippen molar-refractivity contribution in [2.45, 2.75) is 25.2 Å². The molecule has 1 aromatic rings. The van der Waals surface area contributed by atoms with Gasteiger partial charge < -0.3 is 9.84 Å². The van der Waals surface area contributed by atoms with Crippen LogP contribution >= 0.6 is 0 Å². The van der Waals surface area contributed by atoms with Crippen molar-refractivity contribution < 1.29 is 27.8 Å². The van der Waals surface area contributed by atoms with Crippen LogP contribution in [0.2, 0.25) is 0 Å². The van der Waals surface area contributed by atoms with Gasteiger partial charge in [-0.15, -0.1) is 0 Å². The lowest BCUT2D eigenvalue weighted by molar-refractivity contribution is -0.145. The third-order valence-corrected chi connectivity index (χ3v) is 3.59. The van der Waals surface area contributed by atoms with Crippen molar-refractivity contribution in [2.75, 3.05) is 19.7 Å². The Balaban J connectivity index is 2.16. The smallest absolute Gasteiger partial charge is 0.416 e. The Morgan fingerprint density at radius 2 is 2.19 bits per heavy atom. The number of rotatable bonds is 3. The minimum atomic E-state index is -4.40. The van der Waals surface area contributed by atoms with Crippen LogP contribution in [0.5, 0.6) is 0 Å². The van der Waals surface area contributed by atoms with Crippen molar-refractivity contribution in [3.8, 4) is 0 Å². The summed E-state index contributed by atoms with van der Waals surface area (Å²) in [5.41, 5.74) is -0.320. The van der Waals surface area contributed by atoms with Gasteiger partial charge >= 0.3 is 12.1 Å². The third kappa shape index (κ3) is 3.74. The summed E-state index contributed by atoms with van der Waals surface area (Å²) in [6.45, 7) is 2.55. The number of benzene rings is 1. The van der Waals surface area contributed by atoms with Crippen LogP contribution in [0.3, 0.4) is 0 Å². The zero-order chi connectivity index (χ0) is 15.6. The highest BCUT2D eigenvalue weighted by atomic mass is 19.4. The van der Waals surface area contributed by atoms with Gasteiger partial charge in [-0.1, -0.05) is 12.1 Å². The molecule has 1 saturated heterocycles. The van der Waals surface area contributed by atoms with Crippen LogP contribution in [0.25, 0.3) is 0 Å². The predicted octanol–water partition coefficient (Wildman–Crippen LogP) is 2.55. The molecule has 0 unspecified atom stereocenters. The summed E-state index contributed by atoms with van der Waals surface area (Å²) in [5.74, 6) is -0.959. The molecular formula is C14H16F3NO3. The van der Waals surface area contributed by atoms with Crippen LogP contribution in [0, 0.1) is 0 Å². The zero-order valence-electron chi connectivity index (χ0n) is 11.4. The van der Waals surface area contributed by atoms with E-state index < -0.39 is 29.9 Å². The molecule has 2 rings (SSSR count). The van der Waals surface area contributed by atoms with E-state index in [1.165, 1.54) is 6.07 Å².